The van der Waals surface area contributed by atoms with Gasteiger partial charge >= 0.3 is 11.9 Å². The summed E-state index contributed by atoms with van der Waals surface area (Å²) in [7, 11) is 1.27. The summed E-state index contributed by atoms with van der Waals surface area (Å²) in [6.45, 7) is -0.411. The number of rotatable bonds is 6. The first-order chi connectivity index (χ1) is 12.0. The van der Waals surface area contributed by atoms with Gasteiger partial charge in [0, 0.05) is 5.56 Å². The minimum absolute atomic E-state index is 0.0560. The number of hydrogen-bond acceptors (Lipinski definition) is 5. The first-order valence-electron chi connectivity index (χ1n) is 7.36. The molecule has 1 amide bonds. The molecule has 0 atom stereocenters. The third-order valence-corrected chi connectivity index (χ3v) is 3.23. The van der Waals surface area contributed by atoms with Crippen LogP contribution in [0.25, 0.3) is 0 Å². The van der Waals surface area contributed by atoms with Crippen molar-refractivity contribution in [3.05, 3.63) is 71.0 Å². The quantitative estimate of drug-likeness (QED) is 0.811. The summed E-state index contributed by atoms with van der Waals surface area (Å²) in [6, 6.07) is 11.6. The smallest absolute Gasteiger partial charge is 0.337 e. The summed E-state index contributed by atoms with van der Waals surface area (Å²) in [5.41, 5.74) is 1.06. The number of methoxy groups -OCH3 is 1. The van der Waals surface area contributed by atoms with Crippen molar-refractivity contribution in [2.24, 2.45) is 0 Å². The lowest BCUT2D eigenvalue weighted by atomic mass is 10.1. The van der Waals surface area contributed by atoms with E-state index in [0.29, 0.717) is 11.1 Å². The number of benzene rings is 2. The van der Waals surface area contributed by atoms with E-state index in [9.17, 15) is 18.8 Å². The summed E-state index contributed by atoms with van der Waals surface area (Å²) < 4.78 is 22.7. The highest BCUT2D eigenvalue weighted by molar-refractivity contribution is 5.95. The molecule has 0 aliphatic rings. The predicted molar refractivity (Wildman–Crippen MR) is 86.3 cm³/mol. The van der Waals surface area contributed by atoms with Crippen LogP contribution in [0.3, 0.4) is 0 Å². The van der Waals surface area contributed by atoms with Gasteiger partial charge in [0.1, 0.15) is 19.0 Å². The van der Waals surface area contributed by atoms with Crippen LogP contribution in [0, 0.1) is 5.82 Å². The van der Waals surface area contributed by atoms with Crippen molar-refractivity contribution in [2.75, 3.05) is 13.7 Å². The van der Waals surface area contributed by atoms with E-state index in [4.69, 9.17) is 4.74 Å². The lowest BCUT2D eigenvalue weighted by molar-refractivity contribution is -0.143. The SMILES string of the molecule is COC(=O)c1cccc(COC(=O)CNC(=O)c2cccc(F)c2)c1. The van der Waals surface area contributed by atoms with Crippen molar-refractivity contribution < 1.29 is 28.2 Å². The Bertz CT molecular complexity index is 791. The zero-order valence-corrected chi connectivity index (χ0v) is 13.5. The average molecular weight is 345 g/mol. The van der Waals surface area contributed by atoms with E-state index in [2.05, 4.69) is 10.1 Å². The summed E-state index contributed by atoms with van der Waals surface area (Å²) in [4.78, 5) is 34.9. The Morgan fingerprint density at radius 2 is 1.76 bits per heavy atom. The number of amides is 1. The van der Waals surface area contributed by atoms with Crippen LogP contribution < -0.4 is 5.32 Å². The second kappa shape index (κ2) is 8.58. The van der Waals surface area contributed by atoms with Gasteiger partial charge in [-0.2, -0.15) is 0 Å². The molecule has 2 rings (SSSR count). The van der Waals surface area contributed by atoms with Gasteiger partial charge in [-0.3, -0.25) is 9.59 Å². The van der Waals surface area contributed by atoms with E-state index in [-0.39, 0.29) is 18.7 Å². The van der Waals surface area contributed by atoms with E-state index in [1.165, 1.54) is 25.3 Å². The molecule has 0 radical (unpaired) electrons. The normalized spacial score (nSPS) is 10.0. The van der Waals surface area contributed by atoms with E-state index < -0.39 is 23.7 Å². The monoisotopic (exact) mass is 345 g/mol. The first-order valence-corrected chi connectivity index (χ1v) is 7.36. The summed E-state index contributed by atoms with van der Waals surface area (Å²) in [6.07, 6.45) is 0. The van der Waals surface area contributed by atoms with Crippen LogP contribution in [0.5, 0.6) is 0 Å². The Balaban J connectivity index is 1.83. The minimum Gasteiger partial charge on any atom is -0.465 e. The van der Waals surface area contributed by atoms with Crippen molar-refractivity contribution >= 4 is 17.8 Å². The molecule has 0 bridgehead atoms. The molecule has 0 unspecified atom stereocenters. The van der Waals surface area contributed by atoms with Crippen LogP contribution in [0.15, 0.2) is 48.5 Å². The van der Waals surface area contributed by atoms with Gasteiger partial charge in [0.2, 0.25) is 0 Å². The maximum absolute atomic E-state index is 13.0. The molecule has 130 valence electrons. The first kappa shape index (κ1) is 18.1. The average Bonchev–Trinajstić information content (AvgIpc) is 2.64. The molecule has 2 aromatic rings. The van der Waals surface area contributed by atoms with Gasteiger partial charge in [-0.15, -0.1) is 0 Å². The van der Waals surface area contributed by atoms with Crippen LogP contribution in [0.1, 0.15) is 26.3 Å². The number of ether oxygens (including phenoxy) is 2. The standard InChI is InChI=1S/C18H16FNO5/c1-24-18(23)14-6-2-4-12(8-14)11-25-16(21)10-20-17(22)13-5-3-7-15(19)9-13/h2-9H,10-11H2,1H3,(H,20,22). The molecule has 0 spiro atoms. The molecule has 0 fully saturated rings. The van der Waals surface area contributed by atoms with Crippen molar-refractivity contribution in [2.45, 2.75) is 6.61 Å². The fraction of sp³-hybridized carbons (Fsp3) is 0.167. The predicted octanol–water partition coefficient (Wildman–Crippen LogP) is 2.09. The van der Waals surface area contributed by atoms with Crippen LogP contribution in [-0.2, 0) is 20.9 Å². The Morgan fingerprint density at radius 1 is 1.04 bits per heavy atom. The van der Waals surface area contributed by atoms with Gasteiger partial charge in [0.25, 0.3) is 5.91 Å². The lowest BCUT2D eigenvalue weighted by Crippen LogP contribution is -2.30. The Labute approximate surface area is 143 Å². The molecule has 6 nitrogen and oxygen atoms in total. The highest BCUT2D eigenvalue weighted by Gasteiger charge is 2.11. The third kappa shape index (κ3) is 5.42. The van der Waals surface area contributed by atoms with Crippen LogP contribution >= 0.6 is 0 Å². The Kier molecular flexibility index (Phi) is 6.22. The fourth-order valence-electron chi connectivity index (χ4n) is 2.01. The third-order valence-electron chi connectivity index (χ3n) is 3.23. The molecule has 0 aliphatic carbocycles. The second-order valence-corrected chi connectivity index (χ2v) is 5.05. The number of halogens is 1. The number of hydrogen-bond donors (Lipinski definition) is 1. The largest absolute Gasteiger partial charge is 0.465 e. The van der Waals surface area contributed by atoms with Crippen LogP contribution in [0.4, 0.5) is 4.39 Å². The molecular weight excluding hydrogens is 329 g/mol. The highest BCUT2D eigenvalue weighted by atomic mass is 19.1. The summed E-state index contributed by atoms with van der Waals surface area (Å²) >= 11 is 0. The van der Waals surface area contributed by atoms with Gasteiger partial charge in [-0.1, -0.05) is 18.2 Å². The van der Waals surface area contributed by atoms with Gasteiger partial charge in [0.05, 0.1) is 12.7 Å². The molecular formula is C18H16FNO5. The second-order valence-electron chi connectivity index (χ2n) is 5.05. The zero-order chi connectivity index (χ0) is 18.2. The van der Waals surface area contributed by atoms with E-state index in [1.54, 1.807) is 24.3 Å². The van der Waals surface area contributed by atoms with Gasteiger partial charge < -0.3 is 14.8 Å². The van der Waals surface area contributed by atoms with Crippen LogP contribution in [-0.4, -0.2) is 31.5 Å². The number of carbonyl (C=O) groups excluding carboxylic acids is 3. The van der Waals surface area contributed by atoms with Crippen molar-refractivity contribution in [1.29, 1.82) is 0 Å². The number of esters is 2. The molecule has 7 heteroatoms. The van der Waals surface area contributed by atoms with Crippen molar-refractivity contribution in [3.8, 4) is 0 Å². The van der Waals surface area contributed by atoms with Gasteiger partial charge in [-0.05, 0) is 35.9 Å². The molecule has 0 saturated heterocycles. The lowest BCUT2D eigenvalue weighted by Gasteiger charge is -2.08. The van der Waals surface area contributed by atoms with E-state index in [0.717, 1.165) is 6.07 Å². The molecule has 0 aromatic heterocycles. The number of nitrogens with one attached hydrogen (secondary N) is 1. The summed E-state index contributed by atoms with van der Waals surface area (Å²) in [5.74, 6) is -2.27. The molecule has 25 heavy (non-hydrogen) atoms. The fourth-order valence-corrected chi connectivity index (χ4v) is 2.01. The van der Waals surface area contributed by atoms with Crippen molar-refractivity contribution in [3.63, 3.8) is 0 Å². The summed E-state index contributed by atoms with van der Waals surface area (Å²) in [5, 5.41) is 2.35. The molecule has 0 aliphatic heterocycles. The topological polar surface area (TPSA) is 81.7 Å². The zero-order valence-electron chi connectivity index (χ0n) is 13.5. The van der Waals surface area contributed by atoms with E-state index in [1.807, 2.05) is 0 Å². The maximum Gasteiger partial charge on any atom is 0.337 e. The van der Waals surface area contributed by atoms with Crippen molar-refractivity contribution in [1.82, 2.24) is 5.32 Å². The Morgan fingerprint density at radius 3 is 2.48 bits per heavy atom. The maximum atomic E-state index is 13.0. The molecule has 2 aromatic carbocycles. The van der Waals surface area contributed by atoms with E-state index >= 15 is 0 Å². The highest BCUT2D eigenvalue weighted by Crippen LogP contribution is 2.08. The van der Waals surface area contributed by atoms with Gasteiger partial charge in [-0.25, -0.2) is 9.18 Å². The van der Waals surface area contributed by atoms with Crippen LogP contribution in [0.2, 0.25) is 0 Å². The minimum atomic E-state index is -0.659. The molecule has 1 N–H and O–H groups in total. The molecule has 0 heterocycles. The molecule has 0 saturated carbocycles. The Hall–Kier alpha value is -3.22. The number of carbonyl (C=O) groups is 3. The van der Waals surface area contributed by atoms with Gasteiger partial charge in [0.15, 0.2) is 0 Å².